The van der Waals surface area contributed by atoms with Gasteiger partial charge in [-0.05, 0) is 12.0 Å². The maximum atomic E-state index is 11.5. The van der Waals surface area contributed by atoms with Crippen molar-refractivity contribution in [1.29, 1.82) is 0 Å². The number of hydrogen-bond acceptors (Lipinski definition) is 4. The summed E-state index contributed by atoms with van der Waals surface area (Å²) in [4.78, 5) is 11.5. The van der Waals surface area contributed by atoms with Crippen molar-refractivity contribution in [3.63, 3.8) is 0 Å². The van der Waals surface area contributed by atoms with Gasteiger partial charge in [0.1, 0.15) is 5.76 Å². The summed E-state index contributed by atoms with van der Waals surface area (Å²) in [7, 11) is 4.48. The summed E-state index contributed by atoms with van der Waals surface area (Å²) >= 11 is 0. The van der Waals surface area contributed by atoms with Crippen LogP contribution >= 0.6 is 0 Å². The summed E-state index contributed by atoms with van der Waals surface area (Å²) in [6, 6.07) is 9.93. The van der Waals surface area contributed by atoms with Crippen LogP contribution < -0.4 is 0 Å². The molecule has 4 nitrogen and oxygen atoms in total. The minimum absolute atomic E-state index is 0.165. The molecule has 0 aliphatic rings. The molecule has 0 aliphatic heterocycles. The maximum absolute atomic E-state index is 11.5. The molecule has 2 atom stereocenters. The number of rotatable bonds is 9. The predicted molar refractivity (Wildman–Crippen MR) is 91.7 cm³/mol. The van der Waals surface area contributed by atoms with Crippen molar-refractivity contribution in [2.45, 2.75) is 12.5 Å². The van der Waals surface area contributed by atoms with Gasteiger partial charge in [-0.25, -0.2) is 4.79 Å². The van der Waals surface area contributed by atoms with Crippen LogP contribution in [0.25, 0.3) is 6.08 Å². The Balaban J connectivity index is 3.03. The first kappa shape index (κ1) is 18.7. The number of methoxy groups -OCH3 is 3. The fourth-order valence-electron chi connectivity index (χ4n) is 2.23. The molecule has 0 saturated heterocycles. The smallest absolute Gasteiger partial charge is 0.333 e. The fraction of sp³-hybridized carbons (Fsp3) is 0.316. The van der Waals surface area contributed by atoms with E-state index in [-0.39, 0.29) is 12.0 Å². The lowest BCUT2D eigenvalue weighted by Crippen LogP contribution is -2.24. The van der Waals surface area contributed by atoms with Crippen LogP contribution in [0.15, 0.2) is 60.9 Å². The van der Waals surface area contributed by atoms with Crippen molar-refractivity contribution >= 4 is 12.0 Å². The van der Waals surface area contributed by atoms with Crippen molar-refractivity contribution < 1.29 is 19.0 Å². The molecule has 1 rings (SSSR count). The van der Waals surface area contributed by atoms with Gasteiger partial charge in [0, 0.05) is 7.11 Å². The van der Waals surface area contributed by atoms with E-state index in [9.17, 15) is 4.79 Å². The number of carbonyl (C=O) groups excluding carboxylic acids is 1. The third-order valence-corrected chi connectivity index (χ3v) is 3.43. The predicted octanol–water partition coefficient (Wildman–Crippen LogP) is 3.61. The largest absolute Gasteiger partial charge is 0.500 e. The lowest BCUT2D eigenvalue weighted by Gasteiger charge is -2.24. The first-order chi connectivity index (χ1) is 11.2. The standard InChI is InChI=1S/C19H24O4/c1-5-9-16(18(22-3)14-19(20)23-4)17(21-2)13-12-15-10-7-6-8-11-15/h5-8,10-14,16-17H,1,9H2,2-4H3. The number of ether oxygens (including phenoxy) is 3. The second-order valence-corrected chi connectivity index (χ2v) is 4.87. The zero-order valence-corrected chi connectivity index (χ0v) is 13.9. The summed E-state index contributed by atoms with van der Waals surface area (Å²) in [5.74, 6) is -0.124. The molecule has 124 valence electrons. The number of esters is 1. The van der Waals surface area contributed by atoms with Crippen LogP contribution in [0.1, 0.15) is 12.0 Å². The van der Waals surface area contributed by atoms with E-state index in [2.05, 4.69) is 11.3 Å². The SMILES string of the molecule is C=CCC(C(=CC(=O)OC)OC)C(C=Cc1ccccc1)OC. The van der Waals surface area contributed by atoms with Crippen molar-refractivity contribution in [1.82, 2.24) is 0 Å². The maximum Gasteiger partial charge on any atom is 0.333 e. The average Bonchev–Trinajstić information content (AvgIpc) is 2.60. The van der Waals surface area contributed by atoms with Crippen LogP contribution in [0.4, 0.5) is 0 Å². The summed E-state index contributed by atoms with van der Waals surface area (Å²) in [6.07, 6.45) is 7.40. The molecule has 0 bridgehead atoms. The molecule has 0 amide bonds. The van der Waals surface area contributed by atoms with Gasteiger partial charge in [0.2, 0.25) is 0 Å². The van der Waals surface area contributed by atoms with Crippen LogP contribution in [0, 0.1) is 5.92 Å². The van der Waals surface area contributed by atoms with Gasteiger partial charge in [0.25, 0.3) is 0 Å². The molecule has 2 unspecified atom stereocenters. The molecule has 0 aromatic heterocycles. The molecule has 0 fully saturated rings. The molecule has 1 aromatic rings. The van der Waals surface area contributed by atoms with Gasteiger partial charge in [0.15, 0.2) is 0 Å². The van der Waals surface area contributed by atoms with Gasteiger partial charge in [0.05, 0.1) is 32.3 Å². The van der Waals surface area contributed by atoms with Crippen LogP contribution in [0.3, 0.4) is 0 Å². The van der Waals surface area contributed by atoms with E-state index in [0.29, 0.717) is 12.2 Å². The lowest BCUT2D eigenvalue weighted by atomic mass is 9.94. The van der Waals surface area contributed by atoms with Crippen LogP contribution in [0.2, 0.25) is 0 Å². The van der Waals surface area contributed by atoms with E-state index >= 15 is 0 Å². The third-order valence-electron chi connectivity index (χ3n) is 3.43. The van der Waals surface area contributed by atoms with Gasteiger partial charge >= 0.3 is 5.97 Å². The van der Waals surface area contributed by atoms with Crippen LogP contribution in [-0.4, -0.2) is 33.4 Å². The average molecular weight is 316 g/mol. The number of carbonyl (C=O) groups is 1. The Labute approximate surface area is 138 Å². The highest BCUT2D eigenvalue weighted by Crippen LogP contribution is 2.24. The van der Waals surface area contributed by atoms with Gasteiger partial charge in [-0.2, -0.15) is 0 Å². The van der Waals surface area contributed by atoms with Crippen molar-refractivity contribution in [3.05, 3.63) is 66.5 Å². The highest BCUT2D eigenvalue weighted by Gasteiger charge is 2.24. The summed E-state index contributed by atoms with van der Waals surface area (Å²) in [5, 5.41) is 0. The highest BCUT2D eigenvalue weighted by atomic mass is 16.5. The van der Waals surface area contributed by atoms with E-state index in [4.69, 9.17) is 9.47 Å². The Morgan fingerprint density at radius 1 is 1.17 bits per heavy atom. The van der Waals surface area contributed by atoms with E-state index in [0.717, 1.165) is 5.56 Å². The highest BCUT2D eigenvalue weighted by molar-refractivity contribution is 5.82. The normalized spacial score (nSPS) is 14.3. The Hall–Kier alpha value is -2.33. The molecule has 0 heterocycles. The molecule has 1 aromatic carbocycles. The molecular formula is C19H24O4. The van der Waals surface area contributed by atoms with Crippen LogP contribution in [-0.2, 0) is 19.0 Å². The lowest BCUT2D eigenvalue weighted by molar-refractivity contribution is -0.135. The van der Waals surface area contributed by atoms with Crippen LogP contribution in [0.5, 0.6) is 0 Å². The molecule has 4 heteroatoms. The van der Waals surface area contributed by atoms with Gasteiger partial charge in [-0.3, -0.25) is 0 Å². The molecule has 23 heavy (non-hydrogen) atoms. The molecule has 0 radical (unpaired) electrons. The van der Waals surface area contributed by atoms with Crippen molar-refractivity contribution in [2.24, 2.45) is 5.92 Å². The van der Waals surface area contributed by atoms with E-state index in [1.54, 1.807) is 13.2 Å². The third kappa shape index (κ3) is 6.12. The first-order valence-corrected chi connectivity index (χ1v) is 7.36. The zero-order chi connectivity index (χ0) is 17.1. The topological polar surface area (TPSA) is 44.8 Å². The van der Waals surface area contributed by atoms with Gasteiger partial charge < -0.3 is 14.2 Å². The van der Waals surface area contributed by atoms with Gasteiger partial charge in [-0.15, -0.1) is 6.58 Å². The second kappa shape index (κ2) is 10.4. The number of allylic oxidation sites excluding steroid dienone is 1. The monoisotopic (exact) mass is 316 g/mol. The van der Waals surface area contributed by atoms with Gasteiger partial charge in [-0.1, -0.05) is 48.6 Å². The Morgan fingerprint density at radius 3 is 2.39 bits per heavy atom. The molecule has 0 saturated carbocycles. The Morgan fingerprint density at radius 2 is 1.87 bits per heavy atom. The molecule has 0 aliphatic carbocycles. The summed E-state index contributed by atoms with van der Waals surface area (Å²) in [5.41, 5.74) is 1.07. The zero-order valence-electron chi connectivity index (χ0n) is 13.9. The number of benzene rings is 1. The quantitative estimate of drug-likeness (QED) is 0.302. The first-order valence-electron chi connectivity index (χ1n) is 7.36. The Kier molecular flexibility index (Phi) is 8.47. The molecular weight excluding hydrogens is 292 g/mol. The Bertz CT molecular complexity index is 546. The van der Waals surface area contributed by atoms with Crippen molar-refractivity contribution in [3.8, 4) is 0 Å². The minimum Gasteiger partial charge on any atom is -0.500 e. The number of hydrogen-bond donors (Lipinski definition) is 0. The second-order valence-electron chi connectivity index (χ2n) is 4.87. The molecule has 0 spiro atoms. The van der Waals surface area contributed by atoms with E-state index in [1.165, 1.54) is 20.3 Å². The summed E-state index contributed by atoms with van der Waals surface area (Å²) in [6.45, 7) is 3.77. The van der Waals surface area contributed by atoms with E-state index < -0.39 is 5.97 Å². The minimum atomic E-state index is -0.460. The van der Waals surface area contributed by atoms with E-state index in [1.807, 2.05) is 42.5 Å². The fourth-order valence-corrected chi connectivity index (χ4v) is 2.23. The van der Waals surface area contributed by atoms with Crippen molar-refractivity contribution in [2.75, 3.05) is 21.3 Å². The molecule has 0 N–H and O–H groups in total. The summed E-state index contributed by atoms with van der Waals surface area (Å²) < 4.78 is 15.6.